The normalized spacial score (nSPS) is 18.3. The van der Waals surface area contributed by atoms with Crippen LogP contribution in [0.5, 0.6) is 0 Å². The first-order valence-corrected chi connectivity index (χ1v) is 11.5. The maximum atomic E-state index is 13.4. The van der Waals surface area contributed by atoms with Crippen LogP contribution in [0.3, 0.4) is 0 Å². The Morgan fingerprint density at radius 2 is 2.00 bits per heavy atom. The fraction of sp³-hybridized carbons (Fsp3) is 0.385. The summed E-state index contributed by atoms with van der Waals surface area (Å²) in [6.45, 7) is 3.92. The van der Waals surface area contributed by atoms with Crippen LogP contribution >= 0.6 is 0 Å². The molecule has 3 aromatic rings. The average Bonchev–Trinajstić information content (AvgIpc) is 3.21. The van der Waals surface area contributed by atoms with E-state index in [1.807, 2.05) is 18.2 Å². The number of esters is 2. The van der Waals surface area contributed by atoms with E-state index in [2.05, 4.69) is 6.92 Å². The highest BCUT2D eigenvalue weighted by atomic mass is 16.6. The Balaban J connectivity index is 1.70. The van der Waals surface area contributed by atoms with Crippen LogP contribution in [-0.2, 0) is 50.7 Å². The summed E-state index contributed by atoms with van der Waals surface area (Å²) in [6.07, 6.45) is 1.67. The fourth-order valence-electron chi connectivity index (χ4n) is 5.02. The van der Waals surface area contributed by atoms with Gasteiger partial charge in [-0.2, -0.15) is 0 Å². The minimum atomic E-state index is -1.85. The number of ether oxygens (including phenoxy) is 2. The molecule has 5 rings (SSSR count). The molecule has 0 fully saturated rings. The van der Waals surface area contributed by atoms with Gasteiger partial charge in [0.25, 0.3) is 5.56 Å². The molecule has 0 saturated heterocycles. The number of cyclic esters (lactones) is 1. The summed E-state index contributed by atoms with van der Waals surface area (Å²) in [6, 6.07) is 7.81. The molecule has 2 aliphatic rings. The van der Waals surface area contributed by atoms with Gasteiger partial charge in [0.05, 0.1) is 36.1 Å². The van der Waals surface area contributed by atoms with E-state index in [0.717, 1.165) is 34.0 Å². The molecule has 1 atom stereocenters. The molecule has 1 aromatic carbocycles. The third kappa shape index (κ3) is 3.16. The van der Waals surface area contributed by atoms with Gasteiger partial charge in [-0.15, -0.1) is 0 Å². The molecule has 4 heterocycles. The van der Waals surface area contributed by atoms with E-state index in [1.165, 1.54) is 7.11 Å². The van der Waals surface area contributed by atoms with E-state index in [0.29, 0.717) is 35.5 Å². The lowest BCUT2D eigenvalue weighted by atomic mass is 9.86. The van der Waals surface area contributed by atoms with E-state index in [4.69, 9.17) is 14.5 Å². The Morgan fingerprint density at radius 3 is 2.71 bits per heavy atom. The molecule has 0 bridgehead atoms. The monoisotopic (exact) mass is 462 g/mol. The predicted octanol–water partition coefficient (Wildman–Crippen LogP) is 2.75. The zero-order chi connectivity index (χ0) is 24.2. The molecule has 0 unspecified atom stereocenters. The van der Waals surface area contributed by atoms with Crippen molar-refractivity contribution < 1.29 is 24.2 Å². The summed E-state index contributed by atoms with van der Waals surface area (Å²) in [5, 5.41) is 12.0. The summed E-state index contributed by atoms with van der Waals surface area (Å²) >= 11 is 0. The highest BCUT2D eigenvalue weighted by Gasteiger charge is 2.45. The second kappa shape index (κ2) is 8.06. The SMILES string of the molecule is CCc1ccc(CCC(=O)OC)c2cc3c(nc12)-c1cc2c(c(=O)n1C3)COC(=O)[C@]2(O)CC. The summed E-state index contributed by atoms with van der Waals surface area (Å²) in [5.41, 5.74) is 3.50. The van der Waals surface area contributed by atoms with Crippen LogP contribution in [0.1, 0.15) is 54.5 Å². The topological polar surface area (TPSA) is 108 Å². The minimum absolute atomic E-state index is 0.100. The highest BCUT2D eigenvalue weighted by molar-refractivity contribution is 5.90. The number of carbonyl (C=O) groups excluding carboxylic acids is 2. The van der Waals surface area contributed by atoms with Gasteiger partial charge >= 0.3 is 11.9 Å². The number of aromatic nitrogens is 2. The van der Waals surface area contributed by atoms with Crippen LogP contribution in [0.4, 0.5) is 0 Å². The molecule has 0 radical (unpaired) electrons. The van der Waals surface area contributed by atoms with Crippen molar-refractivity contribution in [1.29, 1.82) is 0 Å². The Bertz CT molecular complexity index is 1420. The number of carbonyl (C=O) groups is 2. The molecular formula is C26H26N2O6. The highest BCUT2D eigenvalue weighted by Crippen LogP contribution is 2.39. The summed E-state index contributed by atoms with van der Waals surface area (Å²) in [7, 11) is 1.38. The number of fused-ring (bicyclic) bond motifs is 5. The lowest BCUT2D eigenvalue weighted by molar-refractivity contribution is -0.172. The number of aryl methyl sites for hydroxylation is 2. The van der Waals surface area contributed by atoms with Crippen LogP contribution in [0.15, 0.2) is 29.1 Å². The van der Waals surface area contributed by atoms with Gasteiger partial charge in [-0.3, -0.25) is 9.59 Å². The van der Waals surface area contributed by atoms with Gasteiger partial charge in [-0.05, 0) is 42.5 Å². The summed E-state index contributed by atoms with van der Waals surface area (Å²) in [4.78, 5) is 42.4. The van der Waals surface area contributed by atoms with Gasteiger partial charge in [0, 0.05) is 22.9 Å². The number of methoxy groups -OCH3 is 1. The Morgan fingerprint density at radius 1 is 1.24 bits per heavy atom. The molecular weight excluding hydrogens is 436 g/mol. The van der Waals surface area contributed by atoms with Gasteiger partial charge in [0.15, 0.2) is 5.60 Å². The number of hydrogen-bond donors (Lipinski definition) is 1. The van der Waals surface area contributed by atoms with Crippen LogP contribution < -0.4 is 5.56 Å². The lowest BCUT2D eigenvalue weighted by Gasteiger charge is -2.31. The molecule has 8 nitrogen and oxygen atoms in total. The van der Waals surface area contributed by atoms with Crippen molar-refractivity contribution >= 4 is 22.8 Å². The molecule has 2 aliphatic heterocycles. The number of pyridine rings is 2. The van der Waals surface area contributed by atoms with E-state index in [1.54, 1.807) is 17.6 Å². The van der Waals surface area contributed by atoms with Crippen LogP contribution in [0, 0.1) is 0 Å². The van der Waals surface area contributed by atoms with Crippen molar-refractivity contribution in [3.05, 3.63) is 62.4 Å². The molecule has 8 heteroatoms. The summed E-state index contributed by atoms with van der Waals surface area (Å²) in [5.74, 6) is -1.01. The predicted molar refractivity (Wildman–Crippen MR) is 124 cm³/mol. The first-order valence-electron chi connectivity index (χ1n) is 11.5. The van der Waals surface area contributed by atoms with Gasteiger partial charge in [0.1, 0.15) is 6.61 Å². The largest absolute Gasteiger partial charge is 0.469 e. The summed E-state index contributed by atoms with van der Waals surface area (Å²) < 4.78 is 11.6. The minimum Gasteiger partial charge on any atom is -0.469 e. The second-order valence-electron chi connectivity index (χ2n) is 8.81. The van der Waals surface area contributed by atoms with Crippen LogP contribution in [0.25, 0.3) is 22.3 Å². The van der Waals surface area contributed by atoms with Gasteiger partial charge in [-0.25, -0.2) is 9.78 Å². The fourth-order valence-corrected chi connectivity index (χ4v) is 5.02. The molecule has 0 amide bonds. The van der Waals surface area contributed by atoms with Gasteiger partial charge in [-0.1, -0.05) is 26.0 Å². The van der Waals surface area contributed by atoms with Crippen molar-refractivity contribution in [2.45, 2.75) is 58.3 Å². The average molecular weight is 463 g/mol. The Kier molecular flexibility index (Phi) is 5.28. The van der Waals surface area contributed by atoms with Crippen molar-refractivity contribution in [3.8, 4) is 11.4 Å². The van der Waals surface area contributed by atoms with Crippen molar-refractivity contribution in [3.63, 3.8) is 0 Å². The number of rotatable bonds is 5. The first kappa shape index (κ1) is 22.3. The van der Waals surface area contributed by atoms with E-state index in [-0.39, 0.29) is 31.0 Å². The zero-order valence-corrected chi connectivity index (χ0v) is 19.4. The Hall–Kier alpha value is -3.52. The van der Waals surface area contributed by atoms with Crippen molar-refractivity contribution in [2.75, 3.05) is 7.11 Å². The second-order valence-corrected chi connectivity index (χ2v) is 8.81. The van der Waals surface area contributed by atoms with Gasteiger partial charge in [0.2, 0.25) is 0 Å². The van der Waals surface area contributed by atoms with Crippen LogP contribution in [-0.4, -0.2) is 33.7 Å². The molecule has 34 heavy (non-hydrogen) atoms. The standard InChI is InChI=1S/C26H26N2O6/c1-4-14-6-7-15(8-9-21(29)33-3)17-10-16-12-28-20(23(16)27-22(14)17)11-19-18(24(28)30)13-34-25(31)26(19,32)5-2/h6-7,10-11,32H,4-5,8-9,12-13H2,1-3H3/t26-/m0/s1. The number of benzene rings is 1. The number of hydrogen-bond acceptors (Lipinski definition) is 7. The zero-order valence-electron chi connectivity index (χ0n) is 19.4. The maximum Gasteiger partial charge on any atom is 0.343 e. The smallest absolute Gasteiger partial charge is 0.343 e. The lowest BCUT2D eigenvalue weighted by Crippen LogP contribution is -2.44. The Labute approximate surface area is 196 Å². The number of aliphatic hydroxyl groups is 1. The molecule has 0 spiro atoms. The quantitative estimate of drug-likeness (QED) is 0.455. The van der Waals surface area contributed by atoms with Gasteiger partial charge < -0.3 is 19.1 Å². The maximum absolute atomic E-state index is 13.4. The van der Waals surface area contributed by atoms with E-state index < -0.39 is 11.6 Å². The van der Waals surface area contributed by atoms with Crippen LogP contribution in [0.2, 0.25) is 0 Å². The molecule has 0 saturated carbocycles. The van der Waals surface area contributed by atoms with E-state index in [9.17, 15) is 19.5 Å². The number of nitrogens with zero attached hydrogens (tertiary/aromatic N) is 2. The van der Waals surface area contributed by atoms with Crippen molar-refractivity contribution in [1.82, 2.24) is 9.55 Å². The molecule has 2 aromatic heterocycles. The third-order valence-corrected chi connectivity index (χ3v) is 7.06. The third-order valence-electron chi connectivity index (χ3n) is 7.06. The first-order chi connectivity index (χ1) is 16.3. The van der Waals surface area contributed by atoms with Crippen molar-refractivity contribution in [2.24, 2.45) is 0 Å². The molecule has 176 valence electrons. The molecule has 1 N–H and O–H groups in total. The molecule has 0 aliphatic carbocycles. The van der Waals surface area contributed by atoms with E-state index >= 15 is 0 Å².